The van der Waals surface area contributed by atoms with Gasteiger partial charge in [-0.2, -0.15) is 5.10 Å². The summed E-state index contributed by atoms with van der Waals surface area (Å²) in [6, 6.07) is 9.21. The fourth-order valence-electron chi connectivity index (χ4n) is 1.01. The van der Waals surface area contributed by atoms with Gasteiger partial charge < -0.3 is 4.74 Å². The van der Waals surface area contributed by atoms with Crippen LogP contribution in [0.1, 0.15) is 27.7 Å². The van der Waals surface area contributed by atoms with E-state index in [1.54, 1.807) is 12.1 Å². The number of benzene rings is 1. The van der Waals surface area contributed by atoms with E-state index in [4.69, 9.17) is 4.74 Å². The molecule has 4 heteroatoms. The van der Waals surface area contributed by atoms with Gasteiger partial charge in [0.2, 0.25) is 0 Å². The van der Waals surface area contributed by atoms with Crippen molar-refractivity contribution in [1.29, 1.82) is 0 Å². The van der Waals surface area contributed by atoms with Crippen LogP contribution in [0.2, 0.25) is 0 Å². The molecule has 0 aliphatic heterocycles. The highest BCUT2D eigenvalue weighted by molar-refractivity contribution is 5.88. The average Bonchev–Trinajstić information content (AvgIpc) is 2.33. The number of hydrogen-bond acceptors (Lipinski definition) is 3. The second-order valence-electron chi connectivity index (χ2n) is 5.08. The number of hydrazone groups is 1. The third-order valence-corrected chi connectivity index (χ3v) is 2.55. The molecule has 18 heavy (non-hydrogen) atoms. The summed E-state index contributed by atoms with van der Waals surface area (Å²) in [7, 11) is 0. The molecule has 0 heterocycles. The fourth-order valence-corrected chi connectivity index (χ4v) is 1.01. The molecule has 0 saturated carbocycles. The number of nitrogens with one attached hydrogen (secondary N) is 1. The third kappa shape index (κ3) is 4.99. The van der Waals surface area contributed by atoms with E-state index in [0.29, 0.717) is 5.75 Å². The van der Waals surface area contributed by atoms with Gasteiger partial charge in [-0.1, -0.05) is 39.0 Å². The summed E-state index contributed by atoms with van der Waals surface area (Å²) in [5.41, 5.74) is 3.31. The molecule has 0 radical (unpaired) electrons. The molecule has 0 aliphatic rings. The van der Waals surface area contributed by atoms with Crippen LogP contribution in [0.15, 0.2) is 35.4 Å². The number of para-hydroxylation sites is 1. The van der Waals surface area contributed by atoms with Crippen LogP contribution in [-0.4, -0.2) is 18.2 Å². The number of amides is 1. The molecular formula is C14H20N2O2. The molecule has 1 N–H and O–H groups in total. The summed E-state index contributed by atoms with van der Waals surface area (Å²) in [5, 5.41) is 4.04. The first-order valence-corrected chi connectivity index (χ1v) is 5.91. The molecule has 0 spiro atoms. The summed E-state index contributed by atoms with van der Waals surface area (Å²) in [6.07, 6.45) is 0. The van der Waals surface area contributed by atoms with Gasteiger partial charge >= 0.3 is 0 Å². The summed E-state index contributed by atoms with van der Waals surface area (Å²) in [5.74, 6) is 0.409. The smallest absolute Gasteiger partial charge is 0.277 e. The van der Waals surface area contributed by atoms with Gasteiger partial charge in [0.25, 0.3) is 5.91 Å². The Hall–Kier alpha value is -1.84. The normalized spacial score (nSPS) is 12.1. The Morgan fingerprint density at radius 2 is 1.89 bits per heavy atom. The van der Waals surface area contributed by atoms with Crippen LogP contribution in [0.25, 0.3) is 0 Å². The lowest BCUT2D eigenvalue weighted by Gasteiger charge is -2.17. The van der Waals surface area contributed by atoms with Crippen LogP contribution < -0.4 is 10.2 Å². The highest BCUT2D eigenvalue weighted by Gasteiger charge is 2.14. The molecule has 1 rings (SSSR count). The predicted octanol–water partition coefficient (Wildman–Crippen LogP) is 2.60. The maximum atomic E-state index is 11.5. The Bertz CT molecular complexity index is 419. The molecule has 1 aromatic rings. The highest BCUT2D eigenvalue weighted by atomic mass is 16.5. The molecule has 0 aliphatic carbocycles. The minimum atomic E-state index is -0.262. The Morgan fingerprint density at radius 1 is 1.28 bits per heavy atom. The molecule has 98 valence electrons. The number of carbonyl (C=O) groups excluding carboxylic acids is 1. The van der Waals surface area contributed by atoms with E-state index in [2.05, 4.69) is 10.5 Å². The predicted molar refractivity (Wildman–Crippen MR) is 72.6 cm³/mol. The zero-order chi connectivity index (χ0) is 13.6. The average molecular weight is 248 g/mol. The van der Waals surface area contributed by atoms with Crippen molar-refractivity contribution < 1.29 is 9.53 Å². The SMILES string of the molecule is CC(=NNC(=O)COc1ccccc1)C(C)(C)C. The Kier molecular flexibility index (Phi) is 4.89. The van der Waals surface area contributed by atoms with Crippen LogP contribution in [0.3, 0.4) is 0 Å². The topological polar surface area (TPSA) is 50.7 Å². The van der Waals surface area contributed by atoms with Gasteiger partial charge in [-0.25, -0.2) is 5.43 Å². The van der Waals surface area contributed by atoms with Crippen molar-refractivity contribution in [3.05, 3.63) is 30.3 Å². The van der Waals surface area contributed by atoms with Crippen molar-refractivity contribution in [2.24, 2.45) is 10.5 Å². The standard InChI is InChI=1S/C14H20N2O2/c1-11(14(2,3)4)15-16-13(17)10-18-12-8-6-5-7-9-12/h5-9H,10H2,1-4H3,(H,16,17). The second kappa shape index (κ2) is 6.19. The summed E-state index contributed by atoms with van der Waals surface area (Å²) in [4.78, 5) is 11.5. The number of ether oxygens (including phenoxy) is 1. The van der Waals surface area contributed by atoms with Crippen LogP contribution in [0, 0.1) is 5.41 Å². The number of carbonyl (C=O) groups is 1. The molecule has 4 nitrogen and oxygen atoms in total. The summed E-state index contributed by atoms with van der Waals surface area (Å²) in [6.45, 7) is 7.97. The summed E-state index contributed by atoms with van der Waals surface area (Å²) < 4.78 is 5.30. The minimum absolute atomic E-state index is 0.0368. The number of hydrogen-bond donors (Lipinski definition) is 1. The summed E-state index contributed by atoms with van der Waals surface area (Å²) >= 11 is 0. The maximum Gasteiger partial charge on any atom is 0.277 e. The van der Waals surface area contributed by atoms with E-state index in [-0.39, 0.29) is 17.9 Å². The van der Waals surface area contributed by atoms with Gasteiger partial charge in [0, 0.05) is 11.1 Å². The zero-order valence-corrected chi connectivity index (χ0v) is 11.4. The van der Waals surface area contributed by atoms with Gasteiger partial charge in [-0.05, 0) is 19.1 Å². The molecule has 0 saturated heterocycles. The molecule has 0 atom stereocenters. The van der Waals surface area contributed by atoms with Gasteiger partial charge in [0.1, 0.15) is 5.75 Å². The van der Waals surface area contributed by atoms with Crippen molar-refractivity contribution in [3.8, 4) is 5.75 Å². The van der Waals surface area contributed by atoms with E-state index < -0.39 is 0 Å². The number of nitrogens with zero attached hydrogens (tertiary/aromatic N) is 1. The fraction of sp³-hybridized carbons (Fsp3) is 0.429. The quantitative estimate of drug-likeness (QED) is 0.657. The number of rotatable bonds is 4. The van der Waals surface area contributed by atoms with Crippen molar-refractivity contribution in [2.75, 3.05) is 6.61 Å². The van der Waals surface area contributed by atoms with Crippen LogP contribution in [0.5, 0.6) is 5.75 Å². The van der Waals surface area contributed by atoms with E-state index in [1.807, 2.05) is 45.9 Å². The Morgan fingerprint density at radius 3 is 2.44 bits per heavy atom. The lowest BCUT2D eigenvalue weighted by Crippen LogP contribution is -2.28. The van der Waals surface area contributed by atoms with Gasteiger partial charge in [-0.15, -0.1) is 0 Å². The van der Waals surface area contributed by atoms with Crippen LogP contribution >= 0.6 is 0 Å². The molecule has 0 aromatic heterocycles. The van der Waals surface area contributed by atoms with Crippen molar-refractivity contribution in [2.45, 2.75) is 27.7 Å². The Labute approximate surface area is 108 Å². The molecular weight excluding hydrogens is 228 g/mol. The van der Waals surface area contributed by atoms with Crippen LogP contribution in [0.4, 0.5) is 0 Å². The monoisotopic (exact) mass is 248 g/mol. The minimum Gasteiger partial charge on any atom is -0.484 e. The van der Waals surface area contributed by atoms with Gasteiger partial charge in [-0.3, -0.25) is 4.79 Å². The van der Waals surface area contributed by atoms with E-state index >= 15 is 0 Å². The van der Waals surface area contributed by atoms with Gasteiger partial charge in [0.05, 0.1) is 0 Å². The lowest BCUT2D eigenvalue weighted by atomic mass is 9.91. The van der Waals surface area contributed by atoms with E-state index in [9.17, 15) is 4.79 Å². The highest BCUT2D eigenvalue weighted by Crippen LogP contribution is 2.14. The largest absolute Gasteiger partial charge is 0.484 e. The van der Waals surface area contributed by atoms with Crippen LogP contribution in [-0.2, 0) is 4.79 Å². The van der Waals surface area contributed by atoms with Crippen molar-refractivity contribution in [3.63, 3.8) is 0 Å². The van der Waals surface area contributed by atoms with E-state index in [1.165, 1.54) is 0 Å². The molecule has 1 amide bonds. The lowest BCUT2D eigenvalue weighted by molar-refractivity contribution is -0.123. The maximum absolute atomic E-state index is 11.5. The molecule has 1 aromatic carbocycles. The second-order valence-corrected chi connectivity index (χ2v) is 5.08. The molecule has 0 fully saturated rings. The van der Waals surface area contributed by atoms with E-state index in [0.717, 1.165) is 5.71 Å². The Balaban J connectivity index is 2.39. The van der Waals surface area contributed by atoms with Crippen molar-refractivity contribution in [1.82, 2.24) is 5.43 Å². The molecule has 0 bridgehead atoms. The first-order valence-electron chi connectivity index (χ1n) is 5.91. The van der Waals surface area contributed by atoms with Gasteiger partial charge in [0.15, 0.2) is 6.61 Å². The van der Waals surface area contributed by atoms with Crippen molar-refractivity contribution >= 4 is 11.6 Å². The third-order valence-electron chi connectivity index (χ3n) is 2.55. The first kappa shape index (κ1) is 14.2. The molecule has 0 unspecified atom stereocenters. The first-order chi connectivity index (χ1) is 8.39. The zero-order valence-electron chi connectivity index (χ0n) is 11.4.